The van der Waals surface area contributed by atoms with Crippen LogP contribution in [0.2, 0.25) is 0 Å². The number of rotatable bonds is 6. The Hall–Kier alpha value is -2.76. The highest BCUT2D eigenvalue weighted by molar-refractivity contribution is 5.98. The third-order valence-corrected chi connectivity index (χ3v) is 2.99. The van der Waals surface area contributed by atoms with E-state index in [4.69, 9.17) is 0 Å². The number of amides is 2. The third-order valence-electron chi connectivity index (χ3n) is 2.99. The highest BCUT2D eigenvalue weighted by atomic mass is 16.2. The fourth-order valence-electron chi connectivity index (χ4n) is 1.81. The van der Waals surface area contributed by atoms with Crippen LogP contribution in [-0.4, -0.2) is 28.3 Å². The van der Waals surface area contributed by atoms with Crippen LogP contribution in [0, 0.1) is 0 Å². The molecule has 0 bridgehead atoms. The maximum Gasteiger partial charge on any atom is 0.270 e. The molecule has 0 aliphatic heterocycles. The van der Waals surface area contributed by atoms with Crippen LogP contribution >= 0.6 is 0 Å². The lowest BCUT2D eigenvalue weighted by Crippen LogP contribution is -2.26. The highest BCUT2D eigenvalue weighted by Crippen LogP contribution is 2.03. The lowest BCUT2D eigenvalue weighted by atomic mass is 10.2. The molecular formula is C16H18N4O2. The molecule has 6 heteroatoms. The minimum absolute atomic E-state index is 0.201. The van der Waals surface area contributed by atoms with Crippen LogP contribution in [0.4, 0.5) is 0 Å². The Morgan fingerprint density at radius 2 is 1.82 bits per heavy atom. The summed E-state index contributed by atoms with van der Waals surface area (Å²) in [7, 11) is 0. The Labute approximate surface area is 129 Å². The van der Waals surface area contributed by atoms with Crippen LogP contribution in [-0.2, 0) is 6.54 Å². The summed E-state index contributed by atoms with van der Waals surface area (Å²) >= 11 is 0. The van der Waals surface area contributed by atoms with Gasteiger partial charge in [-0.2, -0.15) is 0 Å². The minimum Gasteiger partial charge on any atom is -0.352 e. The lowest BCUT2D eigenvalue weighted by molar-refractivity contribution is 0.0946. The van der Waals surface area contributed by atoms with Crippen LogP contribution in [0.3, 0.4) is 0 Å². The SMILES string of the molecule is CCCNC(=O)c1ccnc(C(=O)NCc2ccncc2)c1. The lowest BCUT2D eigenvalue weighted by Gasteiger charge is -2.07. The van der Waals surface area contributed by atoms with Crippen molar-refractivity contribution in [3.05, 3.63) is 59.7 Å². The number of aromatic nitrogens is 2. The molecule has 2 heterocycles. The molecular weight excluding hydrogens is 280 g/mol. The molecule has 0 atom stereocenters. The Morgan fingerprint density at radius 1 is 1.05 bits per heavy atom. The predicted octanol–water partition coefficient (Wildman–Crippen LogP) is 1.55. The van der Waals surface area contributed by atoms with Gasteiger partial charge in [0.05, 0.1) is 0 Å². The molecule has 0 radical (unpaired) electrons. The van der Waals surface area contributed by atoms with Crippen LogP contribution in [0.1, 0.15) is 39.8 Å². The minimum atomic E-state index is -0.318. The molecule has 2 aromatic heterocycles. The molecule has 2 aromatic rings. The highest BCUT2D eigenvalue weighted by Gasteiger charge is 2.11. The van der Waals surface area contributed by atoms with Crippen LogP contribution in [0.25, 0.3) is 0 Å². The molecule has 22 heavy (non-hydrogen) atoms. The predicted molar refractivity (Wildman–Crippen MR) is 82.3 cm³/mol. The van der Waals surface area contributed by atoms with E-state index in [1.165, 1.54) is 12.3 Å². The van der Waals surface area contributed by atoms with Gasteiger partial charge in [-0.25, -0.2) is 0 Å². The summed E-state index contributed by atoms with van der Waals surface area (Å²) < 4.78 is 0. The van der Waals surface area contributed by atoms with Crippen molar-refractivity contribution >= 4 is 11.8 Å². The van der Waals surface area contributed by atoms with E-state index in [2.05, 4.69) is 20.6 Å². The van der Waals surface area contributed by atoms with Crippen molar-refractivity contribution in [1.82, 2.24) is 20.6 Å². The quantitative estimate of drug-likeness (QED) is 0.847. The van der Waals surface area contributed by atoms with Gasteiger partial charge in [-0.1, -0.05) is 6.92 Å². The molecule has 0 unspecified atom stereocenters. The van der Waals surface area contributed by atoms with E-state index in [9.17, 15) is 9.59 Å². The summed E-state index contributed by atoms with van der Waals surface area (Å²) in [6, 6.07) is 6.72. The number of nitrogens with one attached hydrogen (secondary N) is 2. The van der Waals surface area contributed by atoms with E-state index in [0.717, 1.165) is 12.0 Å². The summed E-state index contributed by atoms with van der Waals surface area (Å²) in [6.45, 7) is 2.96. The number of carbonyl (C=O) groups is 2. The molecule has 0 aliphatic rings. The molecule has 0 saturated heterocycles. The molecule has 0 fully saturated rings. The number of hydrogen-bond donors (Lipinski definition) is 2. The molecule has 6 nitrogen and oxygen atoms in total. The van der Waals surface area contributed by atoms with Crippen molar-refractivity contribution in [3.8, 4) is 0 Å². The zero-order chi connectivity index (χ0) is 15.8. The first-order valence-electron chi connectivity index (χ1n) is 7.12. The average Bonchev–Trinajstić information content (AvgIpc) is 2.58. The smallest absolute Gasteiger partial charge is 0.270 e. The first kappa shape index (κ1) is 15.6. The van der Waals surface area contributed by atoms with Gasteiger partial charge in [0, 0.05) is 37.2 Å². The Kier molecular flexibility index (Phi) is 5.59. The standard InChI is InChI=1S/C16H18N4O2/c1-2-6-19-15(21)13-5-9-18-14(10-13)16(22)20-11-12-3-7-17-8-4-12/h3-5,7-10H,2,6,11H2,1H3,(H,19,21)(H,20,22). The van der Waals surface area contributed by atoms with Gasteiger partial charge in [0.2, 0.25) is 0 Å². The van der Waals surface area contributed by atoms with Crippen molar-refractivity contribution in [2.45, 2.75) is 19.9 Å². The number of hydrogen-bond acceptors (Lipinski definition) is 4. The Balaban J connectivity index is 1.99. The van der Waals surface area contributed by atoms with Gasteiger partial charge < -0.3 is 10.6 Å². The third kappa shape index (κ3) is 4.37. The van der Waals surface area contributed by atoms with Crippen molar-refractivity contribution in [2.24, 2.45) is 0 Å². The monoisotopic (exact) mass is 298 g/mol. The maximum atomic E-state index is 12.1. The molecule has 0 aliphatic carbocycles. The van der Waals surface area contributed by atoms with Crippen molar-refractivity contribution < 1.29 is 9.59 Å². The summed E-state index contributed by atoms with van der Waals surface area (Å²) in [4.78, 5) is 31.9. The van der Waals surface area contributed by atoms with Crippen molar-refractivity contribution in [2.75, 3.05) is 6.54 Å². The molecule has 2 rings (SSSR count). The molecule has 114 valence electrons. The average molecular weight is 298 g/mol. The van der Waals surface area contributed by atoms with Gasteiger partial charge in [0.25, 0.3) is 11.8 Å². The van der Waals surface area contributed by atoms with E-state index in [1.807, 2.05) is 19.1 Å². The number of nitrogens with zero attached hydrogens (tertiary/aromatic N) is 2. The van der Waals surface area contributed by atoms with Crippen molar-refractivity contribution in [3.63, 3.8) is 0 Å². The molecule has 2 N–H and O–H groups in total. The second-order valence-corrected chi connectivity index (χ2v) is 4.72. The zero-order valence-corrected chi connectivity index (χ0v) is 12.4. The van der Waals surface area contributed by atoms with Crippen LogP contribution in [0.5, 0.6) is 0 Å². The fourth-order valence-corrected chi connectivity index (χ4v) is 1.81. The van der Waals surface area contributed by atoms with Crippen LogP contribution in [0.15, 0.2) is 42.9 Å². The number of carbonyl (C=O) groups excluding carboxylic acids is 2. The van der Waals surface area contributed by atoms with Gasteiger partial charge in [0.15, 0.2) is 0 Å². The molecule has 0 spiro atoms. The van der Waals surface area contributed by atoms with E-state index >= 15 is 0 Å². The van der Waals surface area contributed by atoms with Gasteiger partial charge >= 0.3 is 0 Å². The van der Waals surface area contributed by atoms with Crippen LogP contribution < -0.4 is 10.6 Å². The van der Waals surface area contributed by atoms with E-state index < -0.39 is 0 Å². The first-order chi connectivity index (χ1) is 10.7. The number of pyridine rings is 2. The van der Waals surface area contributed by atoms with Gasteiger partial charge in [-0.3, -0.25) is 19.6 Å². The van der Waals surface area contributed by atoms with E-state index in [0.29, 0.717) is 18.7 Å². The second-order valence-electron chi connectivity index (χ2n) is 4.72. The molecule has 0 aromatic carbocycles. The summed E-state index contributed by atoms with van der Waals surface area (Å²) in [5.74, 6) is -0.519. The largest absolute Gasteiger partial charge is 0.352 e. The van der Waals surface area contributed by atoms with E-state index in [-0.39, 0.29) is 17.5 Å². The second kappa shape index (κ2) is 7.87. The van der Waals surface area contributed by atoms with Crippen molar-refractivity contribution in [1.29, 1.82) is 0 Å². The van der Waals surface area contributed by atoms with E-state index in [1.54, 1.807) is 18.5 Å². The molecule has 2 amide bonds. The maximum absolute atomic E-state index is 12.1. The Bertz CT molecular complexity index is 644. The topological polar surface area (TPSA) is 84.0 Å². The summed E-state index contributed by atoms with van der Waals surface area (Å²) in [5, 5.41) is 5.53. The molecule has 0 saturated carbocycles. The Morgan fingerprint density at radius 3 is 2.55 bits per heavy atom. The van der Waals surface area contributed by atoms with Gasteiger partial charge in [-0.05, 0) is 36.2 Å². The normalized spacial score (nSPS) is 10.0. The first-order valence-corrected chi connectivity index (χ1v) is 7.12. The summed E-state index contributed by atoms with van der Waals surface area (Å²) in [5.41, 5.74) is 1.59. The van der Waals surface area contributed by atoms with Gasteiger partial charge in [-0.15, -0.1) is 0 Å². The fraction of sp³-hybridized carbons (Fsp3) is 0.250. The van der Waals surface area contributed by atoms with Gasteiger partial charge in [0.1, 0.15) is 5.69 Å². The summed E-state index contributed by atoms with van der Waals surface area (Å²) in [6.07, 6.45) is 5.65. The zero-order valence-electron chi connectivity index (χ0n) is 12.4.